The Balaban J connectivity index is 4.73. The minimum atomic E-state index is -0.591. The summed E-state index contributed by atoms with van der Waals surface area (Å²) in [6, 6.07) is -0.588. The fourth-order valence-electron chi connectivity index (χ4n) is 1.26. The number of rotatable bonds is 5. The number of hydrogen-bond acceptors (Lipinski definition) is 3. The first-order chi connectivity index (χ1) is 8.11. The van der Waals surface area contributed by atoms with E-state index in [1.807, 2.05) is 41.5 Å². The molecule has 2 amide bonds. The highest BCUT2D eigenvalue weighted by Gasteiger charge is 2.30. The van der Waals surface area contributed by atoms with Crippen LogP contribution in [-0.2, 0) is 9.53 Å². The Morgan fingerprint density at radius 3 is 1.94 bits per heavy atom. The monoisotopic (exact) mass is 258 g/mol. The predicted octanol–water partition coefficient (Wildman–Crippen LogP) is 1.92. The molecule has 2 N–H and O–H groups in total. The Bertz CT molecular complexity index is 299. The average Bonchev–Trinajstić information content (AvgIpc) is 2.23. The second-order valence-electron chi connectivity index (χ2n) is 5.72. The van der Waals surface area contributed by atoms with E-state index in [1.54, 1.807) is 0 Å². The summed E-state index contributed by atoms with van der Waals surface area (Å²) in [4.78, 5) is 23.4. The predicted molar refractivity (Wildman–Crippen MR) is 71.2 cm³/mol. The number of methoxy groups -OCH3 is 1. The molecule has 0 aromatic rings. The summed E-state index contributed by atoms with van der Waals surface area (Å²) >= 11 is 0. The fraction of sp³-hybridized carbons (Fsp3) is 0.846. The first-order valence-electron chi connectivity index (χ1n) is 6.28. The topological polar surface area (TPSA) is 67.4 Å². The van der Waals surface area contributed by atoms with Crippen molar-refractivity contribution in [1.29, 1.82) is 0 Å². The van der Waals surface area contributed by atoms with Crippen molar-refractivity contribution in [3.05, 3.63) is 0 Å². The van der Waals surface area contributed by atoms with E-state index >= 15 is 0 Å². The highest BCUT2D eigenvalue weighted by atomic mass is 16.5. The lowest BCUT2D eigenvalue weighted by Gasteiger charge is -2.33. The Morgan fingerprint density at radius 2 is 1.61 bits per heavy atom. The van der Waals surface area contributed by atoms with Crippen molar-refractivity contribution in [2.24, 2.45) is 11.8 Å². The quantitative estimate of drug-likeness (QED) is 0.791. The highest BCUT2D eigenvalue weighted by molar-refractivity contribution is 5.86. The normalized spacial score (nSPS) is 13.4. The molecule has 0 unspecified atom stereocenters. The average molecular weight is 258 g/mol. The van der Waals surface area contributed by atoms with Crippen molar-refractivity contribution in [2.75, 3.05) is 7.11 Å². The van der Waals surface area contributed by atoms with Crippen LogP contribution in [0.25, 0.3) is 0 Å². The van der Waals surface area contributed by atoms with Gasteiger partial charge in [-0.3, -0.25) is 4.79 Å². The Morgan fingerprint density at radius 1 is 1.11 bits per heavy atom. The second kappa shape index (κ2) is 6.61. The largest absolute Gasteiger partial charge is 0.453 e. The van der Waals surface area contributed by atoms with Gasteiger partial charge in [0.1, 0.15) is 6.04 Å². The van der Waals surface area contributed by atoms with Crippen LogP contribution < -0.4 is 10.6 Å². The number of carbonyl (C=O) groups excluding carboxylic acids is 2. The molecule has 0 bridgehead atoms. The van der Waals surface area contributed by atoms with E-state index in [9.17, 15) is 9.59 Å². The third-order valence-electron chi connectivity index (χ3n) is 3.30. The molecule has 106 valence electrons. The van der Waals surface area contributed by atoms with Crippen LogP contribution in [0.2, 0.25) is 0 Å². The minimum Gasteiger partial charge on any atom is -0.453 e. The molecule has 0 aromatic heterocycles. The summed E-state index contributed by atoms with van der Waals surface area (Å²) in [5.74, 6) is 0.105. The van der Waals surface area contributed by atoms with Crippen molar-refractivity contribution < 1.29 is 14.3 Å². The van der Waals surface area contributed by atoms with E-state index < -0.39 is 12.1 Å². The summed E-state index contributed by atoms with van der Waals surface area (Å²) < 4.78 is 4.53. The standard InChI is InChI=1S/C13H26N2O3/c1-8(2)10(14-12(17)18-7)11(16)15-13(5,6)9(3)4/h8-10H,1-7H3,(H,14,17)(H,15,16)/t10-/m0/s1. The summed E-state index contributed by atoms with van der Waals surface area (Å²) in [5.41, 5.74) is -0.317. The molecule has 0 saturated carbocycles. The lowest BCUT2D eigenvalue weighted by atomic mass is 9.90. The molecule has 1 atom stereocenters. The van der Waals surface area contributed by atoms with Crippen LogP contribution in [0.5, 0.6) is 0 Å². The maximum Gasteiger partial charge on any atom is 0.407 e. The van der Waals surface area contributed by atoms with E-state index in [1.165, 1.54) is 7.11 Å². The molecule has 0 heterocycles. The lowest BCUT2D eigenvalue weighted by Crippen LogP contribution is -2.56. The first-order valence-corrected chi connectivity index (χ1v) is 6.28. The first kappa shape index (κ1) is 16.7. The summed E-state index contributed by atoms with van der Waals surface area (Å²) in [6.07, 6.45) is -0.591. The molecule has 0 rings (SSSR count). The Kier molecular flexibility index (Phi) is 6.15. The van der Waals surface area contributed by atoms with Gasteiger partial charge < -0.3 is 15.4 Å². The molecular weight excluding hydrogens is 232 g/mol. The van der Waals surface area contributed by atoms with Gasteiger partial charge in [0.2, 0.25) is 5.91 Å². The van der Waals surface area contributed by atoms with Crippen LogP contribution in [-0.4, -0.2) is 30.7 Å². The maximum absolute atomic E-state index is 12.2. The van der Waals surface area contributed by atoms with Crippen molar-refractivity contribution in [3.8, 4) is 0 Å². The maximum atomic E-state index is 12.2. The van der Waals surface area contributed by atoms with Crippen molar-refractivity contribution in [3.63, 3.8) is 0 Å². The van der Waals surface area contributed by atoms with Gasteiger partial charge in [-0.05, 0) is 25.7 Å². The summed E-state index contributed by atoms with van der Waals surface area (Å²) in [6.45, 7) is 11.8. The molecule has 0 aromatic carbocycles. The van der Waals surface area contributed by atoms with Crippen LogP contribution >= 0.6 is 0 Å². The third-order valence-corrected chi connectivity index (χ3v) is 3.30. The second-order valence-corrected chi connectivity index (χ2v) is 5.72. The molecule has 0 aliphatic carbocycles. The van der Waals surface area contributed by atoms with E-state index in [2.05, 4.69) is 15.4 Å². The van der Waals surface area contributed by atoms with Gasteiger partial charge in [-0.25, -0.2) is 4.79 Å². The lowest BCUT2D eigenvalue weighted by molar-refractivity contribution is -0.126. The van der Waals surface area contributed by atoms with Crippen LogP contribution in [0.3, 0.4) is 0 Å². The molecular formula is C13H26N2O3. The molecule has 18 heavy (non-hydrogen) atoms. The van der Waals surface area contributed by atoms with E-state index in [0.29, 0.717) is 5.92 Å². The van der Waals surface area contributed by atoms with Gasteiger partial charge in [0.25, 0.3) is 0 Å². The van der Waals surface area contributed by atoms with Crippen LogP contribution in [0.1, 0.15) is 41.5 Å². The summed E-state index contributed by atoms with van der Waals surface area (Å²) in [7, 11) is 1.28. The third kappa shape index (κ3) is 4.94. The number of amides is 2. The number of carbonyl (C=O) groups is 2. The van der Waals surface area contributed by atoms with Crippen LogP contribution in [0.15, 0.2) is 0 Å². The number of hydrogen-bond donors (Lipinski definition) is 2. The molecule has 5 heteroatoms. The Hall–Kier alpha value is -1.26. The van der Waals surface area contributed by atoms with Crippen LogP contribution in [0, 0.1) is 11.8 Å². The van der Waals surface area contributed by atoms with Gasteiger partial charge in [-0.15, -0.1) is 0 Å². The molecule has 0 spiro atoms. The number of ether oxygens (including phenoxy) is 1. The van der Waals surface area contributed by atoms with Crippen molar-refractivity contribution in [1.82, 2.24) is 10.6 Å². The van der Waals surface area contributed by atoms with E-state index in [0.717, 1.165) is 0 Å². The number of alkyl carbamates (subject to hydrolysis) is 1. The zero-order valence-corrected chi connectivity index (χ0v) is 12.5. The zero-order chi connectivity index (χ0) is 14.5. The fourth-order valence-corrected chi connectivity index (χ4v) is 1.26. The molecule has 0 radical (unpaired) electrons. The molecule has 0 aliphatic rings. The SMILES string of the molecule is COC(=O)N[C@H](C(=O)NC(C)(C)C(C)C)C(C)C. The molecule has 0 saturated heterocycles. The summed E-state index contributed by atoms with van der Waals surface area (Å²) in [5, 5.41) is 5.51. The zero-order valence-electron chi connectivity index (χ0n) is 12.5. The number of nitrogens with one attached hydrogen (secondary N) is 2. The smallest absolute Gasteiger partial charge is 0.407 e. The van der Waals surface area contributed by atoms with Gasteiger partial charge in [0, 0.05) is 5.54 Å². The minimum absolute atomic E-state index is 0.00735. The Labute approximate surface area is 110 Å². The molecule has 5 nitrogen and oxygen atoms in total. The van der Waals surface area contributed by atoms with Gasteiger partial charge >= 0.3 is 6.09 Å². The van der Waals surface area contributed by atoms with Crippen molar-refractivity contribution in [2.45, 2.75) is 53.1 Å². The van der Waals surface area contributed by atoms with Crippen LogP contribution in [0.4, 0.5) is 4.79 Å². The highest BCUT2D eigenvalue weighted by Crippen LogP contribution is 2.16. The van der Waals surface area contributed by atoms with Gasteiger partial charge in [-0.1, -0.05) is 27.7 Å². The van der Waals surface area contributed by atoms with E-state index in [-0.39, 0.29) is 17.4 Å². The molecule has 0 fully saturated rings. The van der Waals surface area contributed by atoms with Gasteiger partial charge in [0.15, 0.2) is 0 Å². The van der Waals surface area contributed by atoms with Crippen molar-refractivity contribution >= 4 is 12.0 Å². The molecule has 0 aliphatic heterocycles. The van der Waals surface area contributed by atoms with Gasteiger partial charge in [-0.2, -0.15) is 0 Å². The van der Waals surface area contributed by atoms with Gasteiger partial charge in [0.05, 0.1) is 7.11 Å². The van der Waals surface area contributed by atoms with E-state index in [4.69, 9.17) is 0 Å².